The molecule has 64 valence electrons. The molecule has 0 amide bonds. The Bertz CT molecular complexity index is 151. The quantitative estimate of drug-likeness (QED) is 0.533. The van der Waals surface area contributed by atoms with Crippen LogP contribution < -0.4 is 5.73 Å². The molecule has 0 spiro atoms. The van der Waals surface area contributed by atoms with Crippen LogP contribution in [0.1, 0.15) is 12.8 Å². The second-order valence-electron chi connectivity index (χ2n) is 3.71. The van der Waals surface area contributed by atoms with Crippen LogP contribution in [-0.2, 0) is 0 Å². The minimum atomic E-state index is 0.213. The fourth-order valence-corrected chi connectivity index (χ4v) is 2.51. The lowest BCUT2D eigenvalue weighted by atomic mass is 9.96. The zero-order valence-corrected chi connectivity index (χ0v) is 6.74. The Morgan fingerprint density at radius 1 is 1.55 bits per heavy atom. The maximum atomic E-state index is 9.08. The van der Waals surface area contributed by atoms with Crippen molar-refractivity contribution in [3.8, 4) is 0 Å². The van der Waals surface area contributed by atoms with Gasteiger partial charge in [-0.05, 0) is 19.4 Å². The van der Waals surface area contributed by atoms with Gasteiger partial charge in [0.1, 0.15) is 0 Å². The van der Waals surface area contributed by atoms with Crippen molar-refractivity contribution in [1.29, 1.82) is 0 Å². The molecule has 2 fully saturated rings. The normalized spacial score (nSPS) is 44.7. The summed E-state index contributed by atoms with van der Waals surface area (Å²) in [5.74, 6) is 0.345. The van der Waals surface area contributed by atoms with E-state index in [0.29, 0.717) is 12.0 Å². The number of rotatable bonds is 1. The molecule has 0 aromatic carbocycles. The molecule has 2 heterocycles. The molecule has 3 nitrogen and oxygen atoms in total. The molecule has 0 bridgehead atoms. The molecule has 11 heavy (non-hydrogen) atoms. The number of fused-ring (bicyclic) bond motifs is 1. The second-order valence-corrected chi connectivity index (χ2v) is 3.71. The summed E-state index contributed by atoms with van der Waals surface area (Å²) in [6.07, 6.45) is 2.52. The maximum absolute atomic E-state index is 9.08. The molecule has 0 unspecified atom stereocenters. The summed E-state index contributed by atoms with van der Waals surface area (Å²) in [6, 6.07) is 0.806. The first-order valence-corrected chi connectivity index (χ1v) is 4.43. The summed E-state index contributed by atoms with van der Waals surface area (Å²) in [7, 11) is 0. The summed E-state index contributed by atoms with van der Waals surface area (Å²) in [5, 5.41) is 9.08. The van der Waals surface area contributed by atoms with Crippen molar-refractivity contribution in [2.45, 2.75) is 24.9 Å². The number of nitrogens with two attached hydrogens (primary N) is 1. The molecule has 3 N–H and O–H groups in total. The fourth-order valence-electron chi connectivity index (χ4n) is 2.51. The number of nitrogens with zero attached hydrogens (tertiary/aromatic N) is 1. The molecule has 3 atom stereocenters. The van der Waals surface area contributed by atoms with Gasteiger partial charge < -0.3 is 10.8 Å². The number of hydrogen-bond acceptors (Lipinski definition) is 3. The highest BCUT2D eigenvalue weighted by Crippen LogP contribution is 2.31. The van der Waals surface area contributed by atoms with E-state index in [2.05, 4.69) is 4.90 Å². The molecule has 2 rings (SSSR count). The summed E-state index contributed by atoms with van der Waals surface area (Å²) in [4.78, 5) is 2.42. The Balaban J connectivity index is 2.07. The maximum Gasteiger partial charge on any atom is 0.0489 e. The van der Waals surface area contributed by atoms with E-state index in [0.717, 1.165) is 6.54 Å². The van der Waals surface area contributed by atoms with Crippen LogP contribution in [0.25, 0.3) is 0 Å². The first kappa shape index (κ1) is 7.53. The predicted octanol–water partition coefficient (Wildman–Crippen LogP) is -0.600. The van der Waals surface area contributed by atoms with Crippen molar-refractivity contribution in [2.24, 2.45) is 11.7 Å². The van der Waals surface area contributed by atoms with Crippen molar-refractivity contribution in [3.63, 3.8) is 0 Å². The molecular weight excluding hydrogens is 140 g/mol. The van der Waals surface area contributed by atoms with Crippen LogP contribution in [0.15, 0.2) is 0 Å². The van der Waals surface area contributed by atoms with Gasteiger partial charge in [-0.2, -0.15) is 0 Å². The number of hydrogen-bond donors (Lipinski definition) is 2. The first-order valence-electron chi connectivity index (χ1n) is 4.43. The standard InChI is InChI=1S/C8H16N2O/c9-7-4-10-3-1-2-8(10)6(7)5-11/h6-8,11H,1-5,9H2/t6-,7+,8+/m1/s1. The van der Waals surface area contributed by atoms with E-state index in [4.69, 9.17) is 10.8 Å². The van der Waals surface area contributed by atoms with Gasteiger partial charge in [0.2, 0.25) is 0 Å². The molecular formula is C8H16N2O. The van der Waals surface area contributed by atoms with Gasteiger partial charge in [0, 0.05) is 31.2 Å². The van der Waals surface area contributed by atoms with Gasteiger partial charge in [-0.25, -0.2) is 0 Å². The highest BCUT2D eigenvalue weighted by molar-refractivity contribution is 4.97. The third-order valence-electron chi connectivity index (χ3n) is 3.11. The topological polar surface area (TPSA) is 49.5 Å². The highest BCUT2D eigenvalue weighted by Gasteiger charge is 2.41. The van der Waals surface area contributed by atoms with Crippen LogP contribution >= 0.6 is 0 Å². The van der Waals surface area contributed by atoms with Gasteiger partial charge in [0.05, 0.1) is 0 Å². The van der Waals surface area contributed by atoms with E-state index in [1.165, 1.54) is 19.4 Å². The molecule has 0 saturated carbocycles. The van der Waals surface area contributed by atoms with Gasteiger partial charge in [0.25, 0.3) is 0 Å². The van der Waals surface area contributed by atoms with E-state index in [1.807, 2.05) is 0 Å². The lowest BCUT2D eigenvalue weighted by Crippen LogP contribution is -2.33. The summed E-state index contributed by atoms with van der Waals surface area (Å²) >= 11 is 0. The zero-order chi connectivity index (χ0) is 7.84. The van der Waals surface area contributed by atoms with Crippen LogP contribution in [0.4, 0.5) is 0 Å². The number of aliphatic hydroxyl groups is 1. The summed E-state index contributed by atoms with van der Waals surface area (Å²) in [6.45, 7) is 2.45. The van der Waals surface area contributed by atoms with Gasteiger partial charge >= 0.3 is 0 Å². The van der Waals surface area contributed by atoms with Crippen LogP contribution in [0.3, 0.4) is 0 Å². The molecule has 0 radical (unpaired) electrons. The smallest absolute Gasteiger partial charge is 0.0489 e. The molecule has 0 aromatic heterocycles. The third-order valence-corrected chi connectivity index (χ3v) is 3.11. The Kier molecular flexibility index (Phi) is 1.87. The van der Waals surface area contributed by atoms with Gasteiger partial charge in [0.15, 0.2) is 0 Å². The first-order chi connectivity index (χ1) is 5.33. The van der Waals surface area contributed by atoms with Crippen molar-refractivity contribution in [2.75, 3.05) is 19.7 Å². The SMILES string of the molecule is N[C@H]1CN2CCC[C@H]2[C@@H]1CO. The van der Waals surface area contributed by atoms with Crippen LogP contribution in [0, 0.1) is 5.92 Å². The second kappa shape index (κ2) is 2.73. The van der Waals surface area contributed by atoms with E-state index in [9.17, 15) is 0 Å². The monoisotopic (exact) mass is 156 g/mol. The molecule has 2 aliphatic rings. The third kappa shape index (κ3) is 1.08. The molecule has 2 saturated heterocycles. The Hall–Kier alpha value is -0.120. The molecule has 2 aliphatic heterocycles. The van der Waals surface area contributed by atoms with Gasteiger partial charge in [-0.3, -0.25) is 4.90 Å². The van der Waals surface area contributed by atoms with Crippen molar-refractivity contribution in [1.82, 2.24) is 4.90 Å². The largest absolute Gasteiger partial charge is 0.396 e. The average molecular weight is 156 g/mol. The lowest BCUT2D eigenvalue weighted by Gasteiger charge is -2.18. The number of aliphatic hydroxyl groups excluding tert-OH is 1. The van der Waals surface area contributed by atoms with E-state index in [-0.39, 0.29) is 12.6 Å². The summed E-state index contributed by atoms with van der Waals surface area (Å²) in [5.41, 5.74) is 5.88. The molecule has 0 aliphatic carbocycles. The highest BCUT2D eigenvalue weighted by atomic mass is 16.3. The molecule has 3 heteroatoms. The van der Waals surface area contributed by atoms with E-state index in [1.54, 1.807) is 0 Å². The zero-order valence-electron chi connectivity index (χ0n) is 6.74. The van der Waals surface area contributed by atoms with Crippen molar-refractivity contribution >= 4 is 0 Å². The minimum Gasteiger partial charge on any atom is -0.396 e. The van der Waals surface area contributed by atoms with Crippen LogP contribution in [-0.4, -0.2) is 41.8 Å². The van der Waals surface area contributed by atoms with Gasteiger partial charge in [-0.1, -0.05) is 0 Å². The fraction of sp³-hybridized carbons (Fsp3) is 1.00. The summed E-state index contributed by atoms with van der Waals surface area (Å²) < 4.78 is 0. The van der Waals surface area contributed by atoms with Crippen molar-refractivity contribution in [3.05, 3.63) is 0 Å². The Morgan fingerprint density at radius 3 is 3.09 bits per heavy atom. The van der Waals surface area contributed by atoms with Crippen molar-refractivity contribution < 1.29 is 5.11 Å². The molecule has 0 aromatic rings. The lowest BCUT2D eigenvalue weighted by molar-refractivity contribution is 0.185. The average Bonchev–Trinajstić information content (AvgIpc) is 2.46. The van der Waals surface area contributed by atoms with E-state index >= 15 is 0 Å². The Labute approximate surface area is 67.2 Å². The van der Waals surface area contributed by atoms with Gasteiger partial charge in [-0.15, -0.1) is 0 Å². The predicted molar refractivity (Wildman–Crippen MR) is 43.1 cm³/mol. The van der Waals surface area contributed by atoms with Crippen LogP contribution in [0.2, 0.25) is 0 Å². The Morgan fingerprint density at radius 2 is 2.36 bits per heavy atom. The van der Waals surface area contributed by atoms with E-state index < -0.39 is 0 Å². The van der Waals surface area contributed by atoms with Crippen LogP contribution in [0.5, 0.6) is 0 Å². The minimum absolute atomic E-state index is 0.213.